The van der Waals surface area contributed by atoms with Gasteiger partial charge in [-0.3, -0.25) is 19.7 Å². The Hall–Kier alpha value is -3.19. The maximum Gasteiger partial charge on any atom is 0.221 e. The highest BCUT2D eigenvalue weighted by Crippen LogP contribution is 2.30. The number of carbonyl (C=O) groups is 1. The molecule has 3 N–H and O–H groups in total. The van der Waals surface area contributed by atoms with E-state index in [2.05, 4.69) is 35.5 Å². The smallest absolute Gasteiger partial charge is 0.221 e. The molecular weight excluding hydrogens is 502 g/mol. The molecule has 2 fully saturated rings. The molecule has 0 spiro atoms. The number of aryl methyl sites for hydroxylation is 1. The number of carbonyl (C=O) groups excluding carboxylic acids is 1. The Labute approximate surface area is 227 Å². The van der Waals surface area contributed by atoms with Crippen molar-refractivity contribution in [2.75, 3.05) is 81.1 Å². The average Bonchev–Trinajstić information content (AvgIpc) is 3.33. The summed E-state index contributed by atoms with van der Waals surface area (Å²) in [6.45, 7) is 13.2. The molecule has 1 amide bonds. The van der Waals surface area contributed by atoms with Crippen LogP contribution in [0.25, 0.3) is 0 Å². The van der Waals surface area contributed by atoms with Gasteiger partial charge in [-0.15, -0.1) is 0 Å². The van der Waals surface area contributed by atoms with Crippen molar-refractivity contribution in [1.82, 2.24) is 30.0 Å². The third-order valence-corrected chi connectivity index (χ3v) is 7.45. The molecule has 1 aromatic carbocycles. The van der Waals surface area contributed by atoms with Crippen LogP contribution in [0.1, 0.15) is 12.6 Å². The van der Waals surface area contributed by atoms with Crippen LogP contribution in [0.4, 0.5) is 23.1 Å². The van der Waals surface area contributed by atoms with Crippen LogP contribution in [0.5, 0.6) is 0 Å². The number of nitrogens with one attached hydrogen (secondary N) is 3. The molecule has 0 aliphatic carbocycles. The van der Waals surface area contributed by atoms with Crippen molar-refractivity contribution < 1.29 is 9.53 Å². The minimum Gasteiger partial charge on any atom is -0.379 e. The van der Waals surface area contributed by atoms with Gasteiger partial charge in [-0.2, -0.15) is 5.10 Å². The number of ether oxygens (including phenoxy) is 1. The molecule has 2 aliphatic rings. The summed E-state index contributed by atoms with van der Waals surface area (Å²) in [7, 11) is 0. The summed E-state index contributed by atoms with van der Waals surface area (Å²) in [5, 5.41) is 14.0. The van der Waals surface area contributed by atoms with Crippen molar-refractivity contribution in [3.05, 3.63) is 42.1 Å². The van der Waals surface area contributed by atoms with Gasteiger partial charge < -0.3 is 20.3 Å². The first-order chi connectivity index (χ1) is 18.5. The van der Waals surface area contributed by atoms with E-state index in [1.807, 2.05) is 43.3 Å². The summed E-state index contributed by atoms with van der Waals surface area (Å²) < 4.78 is 5.47. The summed E-state index contributed by atoms with van der Waals surface area (Å²) >= 11 is 1.49. The molecule has 2 aliphatic heterocycles. The Morgan fingerprint density at radius 1 is 1.00 bits per heavy atom. The van der Waals surface area contributed by atoms with Crippen molar-refractivity contribution in [2.45, 2.75) is 23.9 Å². The van der Waals surface area contributed by atoms with Gasteiger partial charge in [0.1, 0.15) is 17.5 Å². The number of morpholine rings is 1. The number of aromatic nitrogens is 4. The fraction of sp³-hybridized carbons (Fsp3) is 0.462. The van der Waals surface area contributed by atoms with E-state index in [0.29, 0.717) is 11.0 Å². The van der Waals surface area contributed by atoms with E-state index in [9.17, 15) is 4.79 Å². The van der Waals surface area contributed by atoms with Gasteiger partial charge in [0.05, 0.1) is 18.9 Å². The Morgan fingerprint density at radius 2 is 1.71 bits per heavy atom. The summed E-state index contributed by atoms with van der Waals surface area (Å²) in [5.41, 5.74) is 1.67. The topological polar surface area (TPSA) is 115 Å². The summed E-state index contributed by atoms with van der Waals surface area (Å²) in [6, 6.07) is 11.6. The van der Waals surface area contributed by atoms with Crippen LogP contribution >= 0.6 is 11.8 Å². The number of aromatic amines is 1. The SMILES string of the molecule is CC(=O)Nc1ccc(Sc2nc(Nc3cc(C)n[nH]3)cc(N3CCN(CCN4CCOCC4)CC3)n2)cc1. The number of H-pyrrole nitrogens is 1. The largest absolute Gasteiger partial charge is 0.379 e. The van der Waals surface area contributed by atoms with Crippen molar-refractivity contribution in [1.29, 1.82) is 0 Å². The molecule has 12 heteroatoms. The van der Waals surface area contributed by atoms with Crippen LogP contribution < -0.4 is 15.5 Å². The Kier molecular flexibility index (Phi) is 8.74. The highest BCUT2D eigenvalue weighted by molar-refractivity contribution is 7.99. The normalized spacial score (nSPS) is 16.9. The van der Waals surface area contributed by atoms with Gasteiger partial charge in [0, 0.05) is 82.0 Å². The molecular formula is C26H35N9O2S. The molecule has 202 valence electrons. The van der Waals surface area contributed by atoms with Crippen molar-refractivity contribution in [3.8, 4) is 0 Å². The lowest BCUT2D eigenvalue weighted by molar-refractivity contribution is -0.114. The fourth-order valence-electron chi connectivity index (χ4n) is 4.53. The number of hydrogen-bond acceptors (Lipinski definition) is 10. The second kappa shape index (κ2) is 12.6. The van der Waals surface area contributed by atoms with E-state index in [-0.39, 0.29) is 5.91 Å². The molecule has 0 saturated carbocycles. The van der Waals surface area contributed by atoms with Crippen LogP contribution in [-0.2, 0) is 9.53 Å². The van der Waals surface area contributed by atoms with Crippen LogP contribution in [-0.4, -0.2) is 101 Å². The lowest BCUT2D eigenvalue weighted by Crippen LogP contribution is -2.49. The van der Waals surface area contributed by atoms with Crippen LogP contribution in [0.15, 0.2) is 46.5 Å². The van der Waals surface area contributed by atoms with Gasteiger partial charge in [0.2, 0.25) is 5.91 Å². The van der Waals surface area contributed by atoms with Gasteiger partial charge in [0.25, 0.3) is 0 Å². The molecule has 0 unspecified atom stereocenters. The number of piperazine rings is 1. The number of rotatable bonds is 9. The molecule has 5 rings (SSSR count). The standard InChI is InChI=1S/C26H35N9O2S/c1-19-17-24(32-31-19)28-23-18-25(30-26(29-23)38-22-5-3-21(4-6-22)27-20(2)36)35-11-9-33(10-12-35)7-8-34-13-15-37-16-14-34/h3-6,17-18H,7-16H2,1-2H3,(H,27,36)(H2,28,29,30,31,32). The van der Waals surface area contributed by atoms with E-state index in [4.69, 9.17) is 14.7 Å². The average molecular weight is 538 g/mol. The quantitative estimate of drug-likeness (QED) is 0.352. The van der Waals surface area contributed by atoms with E-state index >= 15 is 0 Å². The number of hydrogen-bond donors (Lipinski definition) is 3. The predicted octanol–water partition coefficient (Wildman–Crippen LogP) is 2.82. The zero-order valence-corrected chi connectivity index (χ0v) is 22.8. The molecule has 2 saturated heterocycles. The van der Waals surface area contributed by atoms with Crippen LogP contribution in [0.3, 0.4) is 0 Å². The van der Waals surface area contributed by atoms with Crippen LogP contribution in [0.2, 0.25) is 0 Å². The molecule has 4 heterocycles. The highest BCUT2D eigenvalue weighted by atomic mass is 32.2. The van der Waals surface area contributed by atoms with E-state index in [1.54, 1.807) is 0 Å². The first-order valence-corrected chi connectivity index (χ1v) is 13.8. The molecule has 0 radical (unpaired) electrons. The van der Waals surface area contributed by atoms with Crippen molar-refractivity contribution in [3.63, 3.8) is 0 Å². The maximum absolute atomic E-state index is 11.3. The third-order valence-electron chi connectivity index (χ3n) is 6.58. The highest BCUT2D eigenvalue weighted by Gasteiger charge is 2.21. The number of benzene rings is 1. The summed E-state index contributed by atoms with van der Waals surface area (Å²) in [6.07, 6.45) is 0. The Morgan fingerprint density at radius 3 is 2.37 bits per heavy atom. The van der Waals surface area contributed by atoms with Crippen LogP contribution in [0, 0.1) is 6.92 Å². The summed E-state index contributed by atoms with van der Waals surface area (Å²) in [4.78, 5) is 29.4. The predicted molar refractivity (Wildman–Crippen MR) is 149 cm³/mol. The zero-order valence-electron chi connectivity index (χ0n) is 21.9. The molecule has 11 nitrogen and oxygen atoms in total. The van der Waals surface area contributed by atoms with Gasteiger partial charge in [-0.1, -0.05) is 0 Å². The summed E-state index contributed by atoms with van der Waals surface area (Å²) in [5.74, 6) is 2.32. The van der Waals surface area contributed by atoms with Gasteiger partial charge in [-0.05, 0) is 43.0 Å². The lowest BCUT2D eigenvalue weighted by Gasteiger charge is -2.37. The van der Waals surface area contributed by atoms with E-state index < -0.39 is 0 Å². The molecule has 38 heavy (non-hydrogen) atoms. The minimum absolute atomic E-state index is 0.0904. The first-order valence-electron chi connectivity index (χ1n) is 13.0. The molecule has 0 bridgehead atoms. The zero-order chi connectivity index (χ0) is 26.3. The number of amides is 1. The van der Waals surface area contributed by atoms with Gasteiger partial charge >= 0.3 is 0 Å². The van der Waals surface area contributed by atoms with E-state index in [0.717, 1.165) is 93.5 Å². The first kappa shape index (κ1) is 26.4. The van der Waals surface area contributed by atoms with Gasteiger partial charge in [-0.25, -0.2) is 9.97 Å². The molecule has 0 atom stereocenters. The minimum atomic E-state index is -0.0904. The third kappa shape index (κ3) is 7.44. The molecule has 3 aromatic rings. The maximum atomic E-state index is 11.3. The monoisotopic (exact) mass is 537 g/mol. The lowest BCUT2D eigenvalue weighted by atomic mass is 10.3. The molecule has 2 aromatic heterocycles. The number of anilines is 4. The fourth-order valence-corrected chi connectivity index (χ4v) is 5.30. The van der Waals surface area contributed by atoms with Gasteiger partial charge in [0.15, 0.2) is 5.16 Å². The Bertz CT molecular complexity index is 1210. The van der Waals surface area contributed by atoms with Crippen molar-refractivity contribution >= 4 is 40.8 Å². The van der Waals surface area contributed by atoms with Crippen molar-refractivity contribution in [2.24, 2.45) is 0 Å². The Balaban J connectivity index is 1.26. The van der Waals surface area contributed by atoms with E-state index in [1.165, 1.54) is 18.7 Å². The second-order valence-corrected chi connectivity index (χ2v) is 10.6. The number of nitrogens with zero attached hydrogens (tertiary/aromatic N) is 6. The second-order valence-electron chi connectivity index (χ2n) is 9.53.